The van der Waals surface area contributed by atoms with E-state index < -0.39 is 0 Å². The lowest BCUT2D eigenvalue weighted by Crippen LogP contribution is -2.28. The van der Waals surface area contributed by atoms with Crippen molar-refractivity contribution in [3.8, 4) is 22.9 Å². The maximum absolute atomic E-state index is 9.49. The first-order valence-electron chi connectivity index (χ1n) is 6.78. The Morgan fingerprint density at radius 3 is 2.75 bits per heavy atom. The van der Waals surface area contributed by atoms with Gasteiger partial charge in [-0.1, -0.05) is 5.16 Å². The molecule has 0 unspecified atom stereocenters. The molecular weight excluding hydrogens is 258 g/mol. The van der Waals surface area contributed by atoms with Gasteiger partial charge in [0, 0.05) is 12.0 Å². The van der Waals surface area contributed by atoms with E-state index >= 15 is 0 Å². The Hall–Kier alpha value is -2.08. The van der Waals surface area contributed by atoms with Gasteiger partial charge in [0.15, 0.2) is 11.5 Å². The molecule has 20 heavy (non-hydrogen) atoms. The maximum atomic E-state index is 9.49. The predicted molar refractivity (Wildman–Crippen MR) is 72.4 cm³/mol. The Morgan fingerprint density at radius 2 is 2.00 bits per heavy atom. The molecule has 2 heterocycles. The zero-order chi connectivity index (χ0) is 13.9. The molecule has 3 N–H and O–H groups in total. The fourth-order valence-corrected chi connectivity index (χ4v) is 2.45. The second-order valence-electron chi connectivity index (χ2n) is 5.11. The number of nitrogens with one attached hydrogen (secondary N) is 1. The molecule has 0 spiro atoms. The molecule has 106 valence electrons. The van der Waals surface area contributed by atoms with Crippen molar-refractivity contribution < 1.29 is 14.7 Å². The summed E-state index contributed by atoms with van der Waals surface area (Å²) in [5.41, 5.74) is 0.626. The largest absolute Gasteiger partial charge is 0.504 e. The van der Waals surface area contributed by atoms with Crippen molar-refractivity contribution in [2.24, 2.45) is 5.92 Å². The van der Waals surface area contributed by atoms with E-state index in [4.69, 9.17) is 4.52 Å². The number of aromatic nitrogens is 2. The summed E-state index contributed by atoms with van der Waals surface area (Å²) in [5, 5.41) is 26.0. The normalized spacial score (nSPS) is 16.4. The molecule has 3 rings (SSSR count). The van der Waals surface area contributed by atoms with Crippen LogP contribution in [0.4, 0.5) is 0 Å². The van der Waals surface area contributed by atoms with Gasteiger partial charge in [-0.2, -0.15) is 4.98 Å². The van der Waals surface area contributed by atoms with Crippen LogP contribution in [0.5, 0.6) is 11.5 Å². The summed E-state index contributed by atoms with van der Waals surface area (Å²) in [5.74, 6) is 1.29. The zero-order valence-corrected chi connectivity index (χ0v) is 11.0. The van der Waals surface area contributed by atoms with Crippen LogP contribution < -0.4 is 5.32 Å². The number of benzene rings is 1. The topological polar surface area (TPSA) is 91.4 Å². The highest BCUT2D eigenvalue weighted by Gasteiger charge is 2.18. The lowest BCUT2D eigenvalue weighted by Gasteiger charge is -2.20. The van der Waals surface area contributed by atoms with Crippen LogP contribution >= 0.6 is 0 Å². The third kappa shape index (κ3) is 2.75. The van der Waals surface area contributed by atoms with Crippen molar-refractivity contribution in [2.45, 2.75) is 19.3 Å². The second kappa shape index (κ2) is 5.50. The van der Waals surface area contributed by atoms with Crippen molar-refractivity contribution in [3.05, 3.63) is 24.1 Å². The minimum atomic E-state index is -0.188. The molecule has 1 saturated heterocycles. The third-order valence-electron chi connectivity index (χ3n) is 3.62. The van der Waals surface area contributed by atoms with Crippen LogP contribution in [0.15, 0.2) is 22.7 Å². The van der Waals surface area contributed by atoms with Crippen molar-refractivity contribution in [3.63, 3.8) is 0 Å². The number of hydrogen-bond acceptors (Lipinski definition) is 6. The summed E-state index contributed by atoms with van der Waals surface area (Å²) in [6.45, 7) is 2.08. The molecular formula is C14H17N3O3. The summed E-state index contributed by atoms with van der Waals surface area (Å²) in [6, 6.07) is 4.48. The highest BCUT2D eigenvalue weighted by molar-refractivity contribution is 5.59. The molecule has 0 amide bonds. The smallest absolute Gasteiger partial charge is 0.227 e. The van der Waals surface area contributed by atoms with Gasteiger partial charge < -0.3 is 20.1 Å². The Morgan fingerprint density at radius 1 is 1.20 bits per heavy atom. The van der Waals surface area contributed by atoms with E-state index in [9.17, 15) is 10.2 Å². The van der Waals surface area contributed by atoms with Crippen LogP contribution in [-0.4, -0.2) is 33.4 Å². The average molecular weight is 275 g/mol. The first kappa shape index (κ1) is 12.9. The molecule has 1 aliphatic heterocycles. The van der Waals surface area contributed by atoms with Gasteiger partial charge in [0.2, 0.25) is 11.7 Å². The summed E-state index contributed by atoms with van der Waals surface area (Å²) < 4.78 is 5.27. The van der Waals surface area contributed by atoms with Gasteiger partial charge >= 0.3 is 0 Å². The van der Waals surface area contributed by atoms with E-state index in [-0.39, 0.29) is 11.5 Å². The third-order valence-corrected chi connectivity index (χ3v) is 3.62. The van der Waals surface area contributed by atoms with Crippen LogP contribution in [0.25, 0.3) is 11.4 Å². The van der Waals surface area contributed by atoms with Crippen molar-refractivity contribution in [1.29, 1.82) is 0 Å². The molecule has 0 saturated carbocycles. The van der Waals surface area contributed by atoms with Gasteiger partial charge in [-0.3, -0.25) is 0 Å². The van der Waals surface area contributed by atoms with Crippen molar-refractivity contribution in [2.75, 3.05) is 13.1 Å². The molecule has 0 bridgehead atoms. The first-order valence-corrected chi connectivity index (χ1v) is 6.78. The highest BCUT2D eigenvalue weighted by atomic mass is 16.5. The lowest BCUT2D eigenvalue weighted by molar-refractivity contribution is 0.313. The predicted octanol–water partition coefficient (Wildman–Crippen LogP) is 1.69. The zero-order valence-electron chi connectivity index (χ0n) is 11.0. The molecule has 6 heteroatoms. The van der Waals surface area contributed by atoms with E-state index in [1.54, 1.807) is 6.07 Å². The van der Waals surface area contributed by atoms with Crippen molar-refractivity contribution in [1.82, 2.24) is 15.5 Å². The number of phenolic OH excluding ortho intramolecular Hbond substituents is 2. The number of aromatic hydroxyl groups is 2. The number of phenols is 2. The van der Waals surface area contributed by atoms with Crippen LogP contribution in [0.3, 0.4) is 0 Å². The first-order chi connectivity index (χ1) is 9.72. The van der Waals surface area contributed by atoms with E-state index in [1.165, 1.54) is 12.1 Å². The van der Waals surface area contributed by atoms with E-state index in [0.717, 1.165) is 32.4 Å². The molecule has 0 atom stereocenters. The molecule has 2 aromatic rings. The van der Waals surface area contributed by atoms with Gasteiger partial charge in [0.05, 0.1) is 0 Å². The summed E-state index contributed by atoms with van der Waals surface area (Å²) >= 11 is 0. The second-order valence-corrected chi connectivity index (χ2v) is 5.11. The summed E-state index contributed by atoms with van der Waals surface area (Å²) in [6.07, 6.45) is 3.04. The minimum absolute atomic E-state index is 0.160. The van der Waals surface area contributed by atoms with Gasteiger partial charge in [-0.05, 0) is 50.0 Å². The lowest BCUT2D eigenvalue weighted by atomic mass is 9.95. The van der Waals surface area contributed by atoms with Gasteiger partial charge in [0.1, 0.15) is 0 Å². The fourth-order valence-electron chi connectivity index (χ4n) is 2.45. The highest BCUT2D eigenvalue weighted by Crippen LogP contribution is 2.29. The van der Waals surface area contributed by atoms with Crippen LogP contribution in [0.1, 0.15) is 18.7 Å². The number of rotatable bonds is 3. The average Bonchev–Trinajstić information content (AvgIpc) is 2.91. The van der Waals surface area contributed by atoms with E-state index in [1.807, 2.05) is 0 Å². The van der Waals surface area contributed by atoms with Crippen LogP contribution in [-0.2, 0) is 6.42 Å². The monoisotopic (exact) mass is 275 g/mol. The Balaban J connectivity index is 1.73. The summed E-state index contributed by atoms with van der Waals surface area (Å²) in [7, 11) is 0. The van der Waals surface area contributed by atoms with Gasteiger partial charge in [0.25, 0.3) is 0 Å². The SMILES string of the molecule is Oc1ccc(-c2noc(CC3CCNCC3)n2)cc1O. The quantitative estimate of drug-likeness (QED) is 0.738. The molecule has 0 radical (unpaired) electrons. The van der Waals surface area contributed by atoms with Crippen molar-refractivity contribution >= 4 is 0 Å². The molecule has 0 aliphatic carbocycles. The Bertz CT molecular complexity index is 591. The Kier molecular flexibility index (Phi) is 3.56. The van der Waals surface area contributed by atoms with E-state index in [2.05, 4.69) is 15.5 Å². The number of piperidine rings is 1. The molecule has 6 nitrogen and oxygen atoms in total. The Labute approximate surface area is 116 Å². The van der Waals surface area contributed by atoms with Gasteiger partial charge in [-0.25, -0.2) is 0 Å². The minimum Gasteiger partial charge on any atom is -0.504 e. The van der Waals surface area contributed by atoms with E-state index in [0.29, 0.717) is 23.2 Å². The van der Waals surface area contributed by atoms with Gasteiger partial charge in [-0.15, -0.1) is 0 Å². The molecule has 1 aliphatic rings. The molecule has 1 aromatic carbocycles. The number of nitrogens with zero attached hydrogens (tertiary/aromatic N) is 2. The summed E-state index contributed by atoms with van der Waals surface area (Å²) in [4.78, 5) is 4.35. The standard InChI is InChI=1S/C14H17N3O3/c18-11-2-1-10(8-12(11)19)14-16-13(20-17-14)7-9-3-5-15-6-4-9/h1-2,8-9,15,18-19H,3-7H2. The fraction of sp³-hybridized carbons (Fsp3) is 0.429. The molecule has 1 fully saturated rings. The van der Waals surface area contributed by atoms with Crippen LogP contribution in [0, 0.1) is 5.92 Å². The number of hydrogen-bond donors (Lipinski definition) is 3. The van der Waals surface area contributed by atoms with Crippen LogP contribution in [0.2, 0.25) is 0 Å². The molecule has 1 aromatic heterocycles. The maximum Gasteiger partial charge on any atom is 0.227 e.